The molecule has 0 bridgehead atoms. The van der Waals surface area contributed by atoms with Gasteiger partial charge in [0, 0.05) is 0 Å². The van der Waals surface area contributed by atoms with Crippen LogP contribution in [0.1, 0.15) is 27.7 Å². The Labute approximate surface area is 119 Å². The molecule has 1 fully saturated rings. The largest absolute Gasteiger partial charge is 0.472 e. The van der Waals surface area contributed by atoms with Crippen molar-refractivity contribution in [3.63, 3.8) is 0 Å². The van der Waals surface area contributed by atoms with Crippen molar-refractivity contribution in [3.05, 3.63) is 0 Å². The average Bonchev–Trinajstić information content (AvgIpc) is 2.52. The van der Waals surface area contributed by atoms with E-state index < -0.39 is 38.3 Å². The molecule has 0 aromatic carbocycles. The molecule has 0 saturated carbocycles. The molecule has 0 spiro atoms. The summed E-state index contributed by atoms with van der Waals surface area (Å²) >= 11 is 0. The summed E-state index contributed by atoms with van der Waals surface area (Å²) < 4.78 is 45.7. The van der Waals surface area contributed by atoms with Crippen molar-refractivity contribution in [1.29, 1.82) is 0 Å². The van der Waals surface area contributed by atoms with Gasteiger partial charge in [-0.1, -0.05) is 0 Å². The summed E-state index contributed by atoms with van der Waals surface area (Å²) in [4.78, 5) is 9.55. The molecule has 0 aliphatic carbocycles. The molecule has 9 heteroatoms. The molecular weight excluding hydrogens is 289 g/mol. The third-order valence-corrected chi connectivity index (χ3v) is 3.72. The number of hydrogen-bond acceptors (Lipinski definition) is 5. The molecule has 1 N–H and O–H groups in total. The predicted molar refractivity (Wildman–Crippen MR) is 71.3 cm³/mol. The second kappa shape index (κ2) is 7.34. The standard InChI is InChI=1S/C11H21BFO6P/c1-6(2)16-5-8-10(9(13)11(12)17-8)19-20(14,15)18-7(3)4/h6-11H,5H2,1-4H3,(H,14,15)/t8-,9+,10-,11-/m1/s1. The molecule has 1 aliphatic heterocycles. The van der Waals surface area contributed by atoms with E-state index in [9.17, 15) is 13.8 Å². The first-order valence-corrected chi connectivity index (χ1v) is 7.98. The number of phosphoric acid groups is 1. The number of alkyl halides is 1. The van der Waals surface area contributed by atoms with Crippen LogP contribution in [0.5, 0.6) is 0 Å². The fourth-order valence-electron chi connectivity index (χ4n) is 1.74. The molecular formula is C11H21BFO6P. The molecule has 20 heavy (non-hydrogen) atoms. The zero-order chi connectivity index (χ0) is 15.5. The Kier molecular flexibility index (Phi) is 6.63. The molecule has 0 amide bonds. The maximum Gasteiger partial charge on any atom is 0.472 e. The lowest BCUT2D eigenvalue weighted by molar-refractivity contribution is -0.0493. The van der Waals surface area contributed by atoms with Gasteiger partial charge in [-0.25, -0.2) is 8.96 Å². The van der Waals surface area contributed by atoms with E-state index in [-0.39, 0.29) is 12.7 Å². The van der Waals surface area contributed by atoms with E-state index >= 15 is 0 Å². The van der Waals surface area contributed by atoms with Gasteiger partial charge in [0.05, 0.1) is 24.8 Å². The molecule has 116 valence electrons. The summed E-state index contributed by atoms with van der Waals surface area (Å²) in [7, 11) is 1.06. The number of halogens is 1. The van der Waals surface area contributed by atoms with Crippen molar-refractivity contribution in [2.45, 2.75) is 64.3 Å². The molecule has 5 atom stereocenters. The van der Waals surface area contributed by atoms with Gasteiger partial charge in [0.2, 0.25) is 0 Å². The van der Waals surface area contributed by atoms with Crippen molar-refractivity contribution in [2.24, 2.45) is 0 Å². The first-order chi connectivity index (χ1) is 9.12. The summed E-state index contributed by atoms with van der Waals surface area (Å²) in [6.45, 7) is 6.75. The number of ether oxygens (including phenoxy) is 2. The summed E-state index contributed by atoms with van der Waals surface area (Å²) in [5.74, 6) is 0. The van der Waals surface area contributed by atoms with Crippen LogP contribution >= 0.6 is 7.82 Å². The van der Waals surface area contributed by atoms with Crippen molar-refractivity contribution < 1.29 is 32.4 Å². The lowest BCUT2D eigenvalue weighted by atomic mass is 9.94. The SMILES string of the molecule is [B][C@@H]1O[C@H](COC(C)C)[C@@H](OP(=O)(O)OC(C)C)[C@@H]1F. The predicted octanol–water partition coefficient (Wildman–Crippen LogP) is 1.55. The van der Waals surface area contributed by atoms with Gasteiger partial charge >= 0.3 is 7.82 Å². The monoisotopic (exact) mass is 310 g/mol. The van der Waals surface area contributed by atoms with Crippen LogP contribution in [0.3, 0.4) is 0 Å². The normalized spacial score (nSPS) is 33.8. The summed E-state index contributed by atoms with van der Waals surface area (Å²) in [6, 6.07) is -1.22. The zero-order valence-corrected chi connectivity index (χ0v) is 13.0. The number of rotatable bonds is 7. The Morgan fingerprint density at radius 2 is 1.95 bits per heavy atom. The maximum atomic E-state index is 13.9. The van der Waals surface area contributed by atoms with E-state index in [1.165, 1.54) is 0 Å². The van der Waals surface area contributed by atoms with Crippen LogP contribution in [0.15, 0.2) is 0 Å². The van der Waals surface area contributed by atoms with Gasteiger partial charge in [-0.2, -0.15) is 0 Å². The molecule has 2 radical (unpaired) electrons. The number of phosphoric ester groups is 1. The summed E-state index contributed by atoms with van der Waals surface area (Å²) in [6.07, 6.45) is -4.53. The Morgan fingerprint density at radius 1 is 1.35 bits per heavy atom. The van der Waals surface area contributed by atoms with Gasteiger partial charge in [0.1, 0.15) is 26.2 Å². The highest BCUT2D eigenvalue weighted by molar-refractivity contribution is 7.47. The molecule has 1 unspecified atom stereocenters. The van der Waals surface area contributed by atoms with E-state index in [1.54, 1.807) is 27.7 Å². The molecule has 6 nitrogen and oxygen atoms in total. The van der Waals surface area contributed by atoms with Gasteiger partial charge in [-0.3, -0.25) is 9.05 Å². The van der Waals surface area contributed by atoms with Gasteiger partial charge in [0.25, 0.3) is 0 Å². The van der Waals surface area contributed by atoms with Gasteiger partial charge in [-0.15, -0.1) is 0 Å². The van der Waals surface area contributed by atoms with E-state index in [0.29, 0.717) is 0 Å². The molecule has 0 aromatic heterocycles. The Bertz CT molecular complexity index is 356. The van der Waals surface area contributed by atoms with Gasteiger partial charge in [-0.05, 0) is 27.7 Å². The maximum absolute atomic E-state index is 13.9. The Balaban J connectivity index is 2.69. The first kappa shape index (κ1) is 18.1. The highest BCUT2D eigenvalue weighted by atomic mass is 31.2. The molecule has 1 rings (SSSR count). The van der Waals surface area contributed by atoms with Crippen LogP contribution in [0.2, 0.25) is 0 Å². The third kappa shape index (κ3) is 5.43. The molecule has 0 aromatic rings. The highest BCUT2D eigenvalue weighted by Gasteiger charge is 2.47. The van der Waals surface area contributed by atoms with E-state index in [4.69, 9.17) is 26.4 Å². The average molecular weight is 310 g/mol. The van der Waals surface area contributed by atoms with Crippen LogP contribution in [-0.4, -0.2) is 55.9 Å². The lowest BCUT2D eigenvalue weighted by Crippen LogP contribution is -2.35. The Morgan fingerprint density at radius 3 is 2.45 bits per heavy atom. The zero-order valence-electron chi connectivity index (χ0n) is 12.1. The third-order valence-electron chi connectivity index (χ3n) is 2.52. The quantitative estimate of drug-likeness (QED) is 0.568. The van der Waals surface area contributed by atoms with Crippen LogP contribution in [0.25, 0.3) is 0 Å². The van der Waals surface area contributed by atoms with Crippen molar-refractivity contribution in [3.8, 4) is 0 Å². The number of hydrogen-bond donors (Lipinski definition) is 1. The molecule has 1 heterocycles. The minimum atomic E-state index is -4.38. The van der Waals surface area contributed by atoms with Gasteiger partial charge in [0.15, 0.2) is 0 Å². The van der Waals surface area contributed by atoms with Crippen molar-refractivity contribution in [2.75, 3.05) is 6.61 Å². The minimum absolute atomic E-state index is 0.0120. The summed E-state index contributed by atoms with van der Waals surface area (Å²) in [5.41, 5.74) is 0. The smallest absolute Gasteiger partial charge is 0.376 e. The lowest BCUT2D eigenvalue weighted by Gasteiger charge is -2.23. The highest BCUT2D eigenvalue weighted by Crippen LogP contribution is 2.48. The second-order valence-corrected chi connectivity index (χ2v) is 6.52. The van der Waals surface area contributed by atoms with Gasteiger partial charge < -0.3 is 14.4 Å². The first-order valence-electron chi connectivity index (χ1n) is 6.48. The van der Waals surface area contributed by atoms with E-state index in [0.717, 1.165) is 0 Å². The van der Waals surface area contributed by atoms with Crippen LogP contribution in [-0.2, 0) is 23.1 Å². The topological polar surface area (TPSA) is 74.2 Å². The Hall–Kier alpha value is 0.0249. The van der Waals surface area contributed by atoms with Crippen molar-refractivity contribution >= 4 is 15.7 Å². The molecule has 1 saturated heterocycles. The van der Waals surface area contributed by atoms with Crippen LogP contribution in [0, 0.1) is 0 Å². The fourth-order valence-corrected chi connectivity index (χ4v) is 2.88. The van der Waals surface area contributed by atoms with E-state index in [1.807, 2.05) is 0 Å². The second-order valence-electron chi connectivity index (χ2n) is 5.16. The summed E-state index contributed by atoms with van der Waals surface area (Å²) in [5, 5.41) is 0. The minimum Gasteiger partial charge on any atom is -0.376 e. The van der Waals surface area contributed by atoms with E-state index in [2.05, 4.69) is 0 Å². The van der Waals surface area contributed by atoms with Crippen LogP contribution < -0.4 is 0 Å². The van der Waals surface area contributed by atoms with Crippen molar-refractivity contribution in [1.82, 2.24) is 0 Å². The molecule has 1 aliphatic rings. The fraction of sp³-hybridized carbons (Fsp3) is 1.00. The van der Waals surface area contributed by atoms with Crippen LogP contribution in [0.4, 0.5) is 4.39 Å².